The molecule has 0 bridgehead atoms. The summed E-state index contributed by atoms with van der Waals surface area (Å²) in [5.41, 5.74) is 3.76. The Morgan fingerprint density at radius 1 is 0.905 bits per heavy atom. The zero-order valence-corrected chi connectivity index (χ0v) is 16.5. The Bertz CT molecular complexity index is 585. The first kappa shape index (κ1) is 16.6. The molecule has 0 saturated carbocycles. The van der Waals surface area contributed by atoms with Crippen molar-refractivity contribution in [2.75, 3.05) is 0 Å². The molecule has 0 amide bonds. The molecule has 0 saturated heterocycles. The van der Waals surface area contributed by atoms with Gasteiger partial charge >= 0.3 is 141 Å². The zero-order chi connectivity index (χ0) is 15.3. The van der Waals surface area contributed by atoms with Gasteiger partial charge in [-0.25, -0.2) is 0 Å². The molecular weight excluding hydrogens is 355 g/mol. The number of rotatable bonds is 6. The van der Waals surface area contributed by atoms with Crippen molar-refractivity contribution in [3.8, 4) is 11.1 Å². The van der Waals surface area contributed by atoms with Gasteiger partial charge in [0.05, 0.1) is 0 Å². The summed E-state index contributed by atoms with van der Waals surface area (Å²) >= 11 is 6.07. The third kappa shape index (κ3) is 5.52. The van der Waals surface area contributed by atoms with E-state index in [0.717, 1.165) is 0 Å². The Kier molecular flexibility index (Phi) is 5.94. The molecule has 0 aromatic heterocycles. The molecule has 21 heavy (non-hydrogen) atoms. The molecule has 0 aliphatic rings. The van der Waals surface area contributed by atoms with Crippen LogP contribution in [0.25, 0.3) is 11.1 Å². The molecule has 0 unspecified atom stereocenters. The van der Waals surface area contributed by atoms with Crippen LogP contribution in [0.15, 0.2) is 54.6 Å². The van der Waals surface area contributed by atoms with Gasteiger partial charge in [-0.2, -0.15) is 0 Å². The van der Waals surface area contributed by atoms with Crippen molar-refractivity contribution in [1.82, 2.24) is 0 Å². The van der Waals surface area contributed by atoms with Crippen LogP contribution < -0.4 is 0 Å². The average molecular weight is 377 g/mol. The van der Waals surface area contributed by atoms with Gasteiger partial charge in [-0.3, -0.25) is 0 Å². The van der Waals surface area contributed by atoms with Gasteiger partial charge in [-0.05, 0) is 0 Å². The average Bonchev–Trinajstić information content (AvgIpc) is 2.47. The molecule has 2 rings (SSSR count). The second-order valence-electron chi connectivity index (χ2n) is 6.39. The summed E-state index contributed by atoms with van der Waals surface area (Å²) in [4.78, 5) is 0. The van der Waals surface area contributed by atoms with E-state index >= 15 is 0 Å². The Hall–Kier alpha value is -0.734. The first-order chi connectivity index (χ1) is 9.96. The van der Waals surface area contributed by atoms with Gasteiger partial charge in [-0.1, -0.05) is 0 Å². The third-order valence-electron chi connectivity index (χ3n) is 3.31. The van der Waals surface area contributed by atoms with Crippen LogP contribution in [0.4, 0.5) is 0 Å². The van der Waals surface area contributed by atoms with E-state index < -0.39 is 8.07 Å². The quantitative estimate of drug-likeness (QED) is 0.474. The van der Waals surface area contributed by atoms with Crippen molar-refractivity contribution in [2.24, 2.45) is 0 Å². The van der Waals surface area contributed by atoms with Crippen molar-refractivity contribution in [3.05, 3.63) is 60.2 Å². The van der Waals surface area contributed by atoms with Gasteiger partial charge < -0.3 is 0 Å². The van der Waals surface area contributed by atoms with Crippen molar-refractivity contribution in [1.29, 1.82) is 0 Å². The Morgan fingerprint density at radius 2 is 1.48 bits per heavy atom. The van der Waals surface area contributed by atoms with E-state index in [-0.39, 0.29) is 0 Å². The summed E-state index contributed by atoms with van der Waals surface area (Å²) in [6.45, 7) is 7.29. The Labute approximate surface area is 141 Å². The van der Waals surface area contributed by atoms with Crippen molar-refractivity contribution in [3.63, 3.8) is 0 Å². The van der Waals surface area contributed by atoms with Gasteiger partial charge in [0.25, 0.3) is 0 Å². The molecule has 0 spiro atoms. The molecule has 0 fully saturated rings. The summed E-state index contributed by atoms with van der Waals surface area (Å²) in [5.74, 6) is 0. The van der Waals surface area contributed by atoms with E-state index in [2.05, 4.69) is 68.2 Å². The molecule has 2 aromatic carbocycles. The van der Waals surface area contributed by atoms with E-state index in [1.165, 1.54) is 31.8 Å². The molecule has 0 N–H and O–H groups in total. The summed E-state index contributed by atoms with van der Waals surface area (Å²) in [5, 5.41) is 1.29. The predicted octanol–water partition coefficient (Wildman–Crippen LogP) is 5.49. The van der Waals surface area contributed by atoms with Crippen LogP contribution in [-0.2, 0) is 0 Å². The van der Waals surface area contributed by atoms with Crippen LogP contribution in [-0.4, -0.2) is 26.8 Å². The molecule has 3 heteroatoms. The Morgan fingerprint density at radius 3 is 2.05 bits per heavy atom. The van der Waals surface area contributed by atoms with E-state index in [9.17, 15) is 0 Å². The number of thiocarbonyl (C=S) groups is 1. The van der Waals surface area contributed by atoms with Gasteiger partial charge in [0.2, 0.25) is 0 Å². The van der Waals surface area contributed by atoms with E-state index in [4.69, 9.17) is 12.2 Å². The fraction of sp³-hybridized carbons (Fsp3) is 0.278. The fourth-order valence-corrected chi connectivity index (χ4v) is 8.77. The van der Waals surface area contributed by atoms with E-state index in [0.29, 0.717) is 15.0 Å². The number of hydrogen-bond donors (Lipinski definition) is 0. The number of benzene rings is 2. The number of hydrogen-bond acceptors (Lipinski definition) is 1. The second-order valence-corrected chi connectivity index (χ2v) is 15.3. The summed E-state index contributed by atoms with van der Waals surface area (Å²) in [6, 6.07) is 20.6. The summed E-state index contributed by atoms with van der Waals surface area (Å²) in [6.07, 6.45) is 0. The van der Waals surface area contributed by atoms with Crippen LogP contribution in [0.3, 0.4) is 0 Å². The first-order valence-corrected chi connectivity index (χ1v) is 13.5. The van der Waals surface area contributed by atoms with Gasteiger partial charge in [0.1, 0.15) is 0 Å². The molecule has 2 aromatic rings. The third-order valence-corrected chi connectivity index (χ3v) is 8.62. The van der Waals surface area contributed by atoms with Gasteiger partial charge in [0.15, 0.2) is 0 Å². The molecule has 0 heterocycles. The minimum absolute atomic E-state index is 0.462. The monoisotopic (exact) mass is 378 g/mol. The second kappa shape index (κ2) is 7.51. The molecule has 0 aliphatic carbocycles. The topological polar surface area (TPSA) is 0 Å². The molecule has 0 nitrogen and oxygen atoms in total. The van der Waals surface area contributed by atoms with Crippen LogP contribution in [0, 0.1) is 0 Å². The normalized spacial score (nSPS) is 11.4. The van der Waals surface area contributed by atoms with Crippen LogP contribution in [0.5, 0.6) is 0 Å². The summed E-state index contributed by atoms with van der Waals surface area (Å²) in [7, 11) is -0.922. The standard InChI is InChI=1S/C18H22SSeSi/c1-21(2,3)14-13-20-18(19)17-11-9-16(10-12-17)15-7-5-4-6-8-15/h4-12H,13-14H2,1-3H3. The van der Waals surface area contributed by atoms with Crippen molar-refractivity contribution in [2.45, 2.75) is 31.0 Å². The maximum absolute atomic E-state index is 5.61. The van der Waals surface area contributed by atoms with Gasteiger partial charge in [-0.15, -0.1) is 0 Å². The minimum atomic E-state index is -0.922. The SMILES string of the molecule is C[Si](C)(C)CC[Se]C(=S)c1ccc(-c2ccccc2)cc1. The van der Waals surface area contributed by atoms with Crippen molar-refractivity contribution < 1.29 is 0 Å². The molecule has 0 aliphatic heterocycles. The van der Waals surface area contributed by atoms with Crippen LogP contribution in [0.2, 0.25) is 31.0 Å². The van der Waals surface area contributed by atoms with E-state index in [1.807, 2.05) is 6.07 Å². The van der Waals surface area contributed by atoms with Crippen molar-refractivity contribution >= 4 is 39.0 Å². The molecular formula is C18H22SSeSi. The van der Waals surface area contributed by atoms with Crippen LogP contribution >= 0.6 is 12.2 Å². The molecule has 0 radical (unpaired) electrons. The molecule has 110 valence electrons. The summed E-state index contributed by atoms with van der Waals surface area (Å²) < 4.78 is 1.17. The van der Waals surface area contributed by atoms with E-state index in [1.54, 1.807) is 0 Å². The Balaban J connectivity index is 1.97. The fourth-order valence-electron chi connectivity index (χ4n) is 1.96. The zero-order valence-electron chi connectivity index (χ0n) is 12.9. The first-order valence-electron chi connectivity index (χ1n) is 7.28. The maximum atomic E-state index is 5.61. The molecule has 0 atom stereocenters. The van der Waals surface area contributed by atoms with Crippen LogP contribution in [0.1, 0.15) is 5.56 Å². The van der Waals surface area contributed by atoms with Gasteiger partial charge in [0, 0.05) is 0 Å². The predicted molar refractivity (Wildman–Crippen MR) is 102 cm³/mol.